The Balaban J connectivity index is 2.00. The molecule has 0 saturated carbocycles. The van der Waals surface area contributed by atoms with Crippen LogP contribution >= 0.6 is 11.8 Å². The summed E-state index contributed by atoms with van der Waals surface area (Å²) in [6.07, 6.45) is 4.21. The van der Waals surface area contributed by atoms with Gasteiger partial charge in [0.05, 0.1) is 0 Å². The first-order chi connectivity index (χ1) is 8.47. The molecule has 0 atom stereocenters. The summed E-state index contributed by atoms with van der Waals surface area (Å²) in [6.45, 7) is 9.65. The molecule has 18 heavy (non-hydrogen) atoms. The quantitative estimate of drug-likeness (QED) is 0.730. The van der Waals surface area contributed by atoms with Crippen LogP contribution in [0.1, 0.15) is 46.5 Å². The maximum absolute atomic E-state index is 11.7. The predicted octanol–water partition coefficient (Wildman–Crippen LogP) is 2.41. The van der Waals surface area contributed by atoms with Crippen molar-refractivity contribution in [3.63, 3.8) is 0 Å². The molecular weight excluding hydrogens is 244 g/mol. The van der Waals surface area contributed by atoms with Gasteiger partial charge in [0.25, 0.3) is 0 Å². The molecule has 1 aliphatic heterocycles. The maximum atomic E-state index is 11.7. The van der Waals surface area contributed by atoms with Gasteiger partial charge in [-0.1, -0.05) is 20.8 Å². The highest BCUT2D eigenvalue weighted by atomic mass is 32.2. The summed E-state index contributed by atoms with van der Waals surface area (Å²) < 4.78 is 0.291. The fourth-order valence-electron chi connectivity index (χ4n) is 2.14. The molecule has 1 fully saturated rings. The van der Waals surface area contributed by atoms with Gasteiger partial charge in [0.2, 0.25) is 5.91 Å². The summed E-state index contributed by atoms with van der Waals surface area (Å²) in [5, 5.41) is 6.37. The first kappa shape index (κ1) is 15.8. The van der Waals surface area contributed by atoms with Crippen LogP contribution in [0.25, 0.3) is 0 Å². The Morgan fingerprint density at radius 1 is 1.33 bits per heavy atom. The number of hydrogen-bond acceptors (Lipinski definition) is 3. The maximum Gasteiger partial charge on any atom is 0.220 e. The lowest BCUT2D eigenvalue weighted by molar-refractivity contribution is -0.121. The van der Waals surface area contributed by atoms with E-state index in [-0.39, 0.29) is 5.91 Å². The normalized spacial score (nSPS) is 17.7. The van der Waals surface area contributed by atoms with Gasteiger partial charge in [-0.15, -0.1) is 0 Å². The third-order valence-corrected chi connectivity index (χ3v) is 4.47. The van der Waals surface area contributed by atoms with Gasteiger partial charge in [-0.3, -0.25) is 4.79 Å². The molecular formula is C14H28N2OS. The lowest BCUT2D eigenvalue weighted by atomic mass is 9.93. The van der Waals surface area contributed by atoms with Crippen LogP contribution in [0.15, 0.2) is 0 Å². The Morgan fingerprint density at radius 2 is 2.00 bits per heavy atom. The van der Waals surface area contributed by atoms with E-state index in [0.717, 1.165) is 37.7 Å². The Labute approximate surface area is 116 Å². The zero-order chi connectivity index (χ0) is 13.4. The van der Waals surface area contributed by atoms with E-state index in [1.54, 1.807) is 0 Å². The molecule has 1 aliphatic rings. The Bertz CT molecular complexity index is 245. The number of amides is 1. The summed E-state index contributed by atoms with van der Waals surface area (Å²) in [5.41, 5.74) is 0. The molecule has 0 spiro atoms. The predicted molar refractivity (Wildman–Crippen MR) is 80.0 cm³/mol. The van der Waals surface area contributed by atoms with Crippen LogP contribution < -0.4 is 10.6 Å². The van der Waals surface area contributed by atoms with Crippen molar-refractivity contribution in [2.24, 2.45) is 5.92 Å². The van der Waals surface area contributed by atoms with Crippen LogP contribution in [0.3, 0.4) is 0 Å². The van der Waals surface area contributed by atoms with Crippen LogP contribution in [0.5, 0.6) is 0 Å². The number of carbonyl (C=O) groups excluding carboxylic acids is 1. The van der Waals surface area contributed by atoms with Crippen LogP contribution in [0.2, 0.25) is 0 Å². The molecule has 2 N–H and O–H groups in total. The minimum absolute atomic E-state index is 0.225. The summed E-state index contributed by atoms with van der Waals surface area (Å²) in [6, 6.07) is 0. The molecule has 1 amide bonds. The number of hydrogen-bond donors (Lipinski definition) is 2. The minimum Gasteiger partial charge on any atom is -0.355 e. The zero-order valence-electron chi connectivity index (χ0n) is 12.1. The topological polar surface area (TPSA) is 41.1 Å². The van der Waals surface area contributed by atoms with E-state index in [4.69, 9.17) is 0 Å². The molecule has 3 nitrogen and oxygen atoms in total. The Morgan fingerprint density at radius 3 is 2.61 bits per heavy atom. The number of piperidine rings is 1. The van der Waals surface area contributed by atoms with Crippen molar-refractivity contribution in [3.05, 3.63) is 0 Å². The standard InChI is InChI=1S/C14H28N2OS/c1-14(2,3)18-11-10-16-13(17)5-4-12-6-8-15-9-7-12/h12,15H,4-11H2,1-3H3,(H,16,17). The molecule has 106 valence electrons. The molecule has 0 aliphatic carbocycles. The smallest absolute Gasteiger partial charge is 0.220 e. The highest BCUT2D eigenvalue weighted by Crippen LogP contribution is 2.22. The van der Waals surface area contributed by atoms with Gasteiger partial charge in [0.1, 0.15) is 0 Å². The fourth-order valence-corrected chi connectivity index (χ4v) is 2.96. The third-order valence-electron chi connectivity index (χ3n) is 3.20. The van der Waals surface area contributed by atoms with Crippen molar-refractivity contribution in [1.29, 1.82) is 0 Å². The van der Waals surface area contributed by atoms with Gasteiger partial charge in [-0.05, 0) is 38.3 Å². The van der Waals surface area contributed by atoms with Gasteiger partial charge in [0, 0.05) is 23.5 Å². The Hall–Kier alpha value is -0.220. The van der Waals surface area contributed by atoms with E-state index in [0.29, 0.717) is 11.2 Å². The molecule has 1 heterocycles. The van der Waals surface area contributed by atoms with Gasteiger partial charge in [-0.2, -0.15) is 11.8 Å². The number of thioether (sulfide) groups is 1. The van der Waals surface area contributed by atoms with Crippen LogP contribution in [0.4, 0.5) is 0 Å². The number of nitrogens with one attached hydrogen (secondary N) is 2. The van der Waals surface area contributed by atoms with Crippen molar-refractivity contribution in [2.45, 2.75) is 51.2 Å². The molecule has 0 aromatic heterocycles. The fraction of sp³-hybridized carbons (Fsp3) is 0.929. The first-order valence-electron chi connectivity index (χ1n) is 7.09. The van der Waals surface area contributed by atoms with E-state index >= 15 is 0 Å². The second kappa shape index (κ2) is 8.05. The summed E-state index contributed by atoms with van der Waals surface area (Å²) in [4.78, 5) is 11.7. The van der Waals surface area contributed by atoms with Crippen LogP contribution in [0, 0.1) is 5.92 Å². The minimum atomic E-state index is 0.225. The second-order valence-electron chi connectivity index (χ2n) is 6.04. The summed E-state index contributed by atoms with van der Waals surface area (Å²) >= 11 is 1.90. The largest absolute Gasteiger partial charge is 0.355 e. The highest BCUT2D eigenvalue weighted by molar-refractivity contribution is 8.00. The molecule has 0 aromatic carbocycles. The van der Waals surface area contributed by atoms with E-state index in [2.05, 4.69) is 31.4 Å². The number of carbonyl (C=O) groups is 1. The molecule has 0 radical (unpaired) electrons. The molecule has 0 aromatic rings. The van der Waals surface area contributed by atoms with Crippen molar-refractivity contribution in [1.82, 2.24) is 10.6 Å². The average Bonchev–Trinajstić information content (AvgIpc) is 2.32. The highest BCUT2D eigenvalue weighted by Gasteiger charge is 2.14. The summed E-state index contributed by atoms with van der Waals surface area (Å²) in [7, 11) is 0. The van der Waals surface area contributed by atoms with E-state index in [1.807, 2.05) is 11.8 Å². The SMILES string of the molecule is CC(C)(C)SCCNC(=O)CCC1CCNCC1. The lowest BCUT2D eigenvalue weighted by Gasteiger charge is -2.22. The molecule has 0 bridgehead atoms. The molecule has 1 rings (SSSR count). The van der Waals surface area contributed by atoms with Crippen molar-refractivity contribution in [3.8, 4) is 0 Å². The zero-order valence-corrected chi connectivity index (χ0v) is 12.9. The average molecular weight is 272 g/mol. The molecule has 4 heteroatoms. The van der Waals surface area contributed by atoms with E-state index < -0.39 is 0 Å². The van der Waals surface area contributed by atoms with Crippen LogP contribution in [-0.2, 0) is 4.79 Å². The molecule has 1 saturated heterocycles. The molecule has 0 unspecified atom stereocenters. The van der Waals surface area contributed by atoms with Gasteiger partial charge in [-0.25, -0.2) is 0 Å². The van der Waals surface area contributed by atoms with E-state index in [1.165, 1.54) is 12.8 Å². The Kier molecular flexibility index (Phi) is 7.08. The second-order valence-corrected chi connectivity index (χ2v) is 7.96. The van der Waals surface area contributed by atoms with Crippen molar-refractivity contribution < 1.29 is 4.79 Å². The van der Waals surface area contributed by atoms with Gasteiger partial charge >= 0.3 is 0 Å². The first-order valence-corrected chi connectivity index (χ1v) is 8.07. The monoisotopic (exact) mass is 272 g/mol. The van der Waals surface area contributed by atoms with Crippen molar-refractivity contribution in [2.75, 3.05) is 25.4 Å². The van der Waals surface area contributed by atoms with Gasteiger partial charge < -0.3 is 10.6 Å². The van der Waals surface area contributed by atoms with Gasteiger partial charge in [0.15, 0.2) is 0 Å². The summed E-state index contributed by atoms with van der Waals surface area (Å²) in [5.74, 6) is 1.98. The third kappa shape index (κ3) is 7.98. The van der Waals surface area contributed by atoms with E-state index in [9.17, 15) is 4.79 Å². The lowest BCUT2D eigenvalue weighted by Crippen LogP contribution is -2.30. The van der Waals surface area contributed by atoms with Crippen LogP contribution in [-0.4, -0.2) is 36.0 Å². The number of rotatable bonds is 6. The van der Waals surface area contributed by atoms with Crippen molar-refractivity contribution >= 4 is 17.7 Å².